The van der Waals surface area contributed by atoms with Gasteiger partial charge < -0.3 is 20.2 Å². The lowest BCUT2D eigenvalue weighted by Crippen LogP contribution is -2.42. The van der Waals surface area contributed by atoms with Gasteiger partial charge in [-0.1, -0.05) is 0 Å². The van der Waals surface area contributed by atoms with Gasteiger partial charge in [0, 0.05) is 24.0 Å². The average Bonchev–Trinajstić information content (AvgIpc) is 3.12. The number of furan rings is 1. The number of rotatable bonds is 6. The summed E-state index contributed by atoms with van der Waals surface area (Å²) in [6.45, 7) is 3.71. The van der Waals surface area contributed by atoms with Gasteiger partial charge in [0.15, 0.2) is 0 Å². The second-order valence-corrected chi connectivity index (χ2v) is 5.80. The van der Waals surface area contributed by atoms with Crippen molar-refractivity contribution in [2.45, 2.75) is 38.5 Å². The van der Waals surface area contributed by atoms with Crippen LogP contribution in [0.5, 0.6) is 0 Å². The van der Waals surface area contributed by atoms with E-state index in [1.807, 2.05) is 19.2 Å². The lowest BCUT2D eigenvalue weighted by atomic mass is 10.1. The summed E-state index contributed by atoms with van der Waals surface area (Å²) >= 11 is 1.49. The maximum absolute atomic E-state index is 11.9. The minimum Gasteiger partial charge on any atom is -0.467 e. The first-order chi connectivity index (χ1) is 10.1. The van der Waals surface area contributed by atoms with Crippen molar-refractivity contribution in [2.75, 3.05) is 0 Å². The van der Waals surface area contributed by atoms with E-state index in [-0.39, 0.29) is 18.1 Å². The van der Waals surface area contributed by atoms with Crippen molar-refractivity contribution in [2.24, 2.45) is 0 Å². The molecule has 0 bridgehead atoms. The number of hydrogen-bond donors (Lipinski definition) is 3. The van der Waals surface area contributed by atoms with Crippen LogP contribution in [-0.2, 0) is 0 Å². The minimum atomic E-state index is -0.730. The van der Waals surface area contributed by atoms with Crippen LogP contribution in [0.4, 0.5) is 4.79 Å². The zero-order valence-corrected chi connectivity index (χ0v) is 12.8. The van der Waals surface area contributed by atoms with Crippen molar-refractivity contribution >= 4 is 17.4 Å². The zero-order valence-electron chi connectivity index (χ0n) is 11.9. The fourth-order valence-corrected chi connectivity index (χ4v) is 2.61. The molecule has 114 valence electrons. The smallest absolute Gasteiger partial charge is 0.315 e. The largest absolute Gasteiger partial charge is 0.467 e. The quantitative estimate of drug-likeness (QED) is 0.765. The standard InChI is InChI=1S/C14H19N3O3S/c1-9(8-11(18)12-4-3-6-20-12)16-14(19)17-10(2)13-15-5-7-21-13/h3-7,9-11,18H,8H2,1-2H3,(H2,16,17,19). The van der Waals surface area contributed by atoms with Crippen LogP contribution in [0.1, 0.15) is 43.2 Å². The molecule has 3 N–H and O–H groups in total. The minimum absolute atomic E-state index is 0.146. The molecule has 2 rings (SSSR count). The van der Waals surface area contributed by atoms with Gasteiger partial charge in [0.25, 0.3) is 0 Å². The summed E-state index contributed by atoms with van der Waals surface area (Å²) in [6.07, 6.45) is 2.87. The Morgan fingerprint density at radius 3 is 2.90 bits per heavy atom. The number of thiazole rings is 1. The van der Waals surface area contributed by atoms with Gasteiger partial charge in [-0.15, -0.1) is 11.3 Å². The third-order valence-corrected chi connectivity index (χ3v) is 3.95. The van der Waals surface area contributed by atoms with Crippen LogP contribution in [0.15, 0.2) is 34.4 Å². The highest BCUT2D eigenvalue weighted by molar-refractivity contribution is 7.09. The Bertz CT molecular complexity index is 542. The van der Waals surface area contributed by atoms with Gasteiger partial charge >= 0.3 is 6.03 Å². The normalized spacial score (nSPS) is 15.2. The summed E-state index contributed by atoms with van der Waals surface area (Å²) in [4.78, 5) is 16.0. The maximum atomic E-state index is 11.9. The van der Waals surface area contributed by atoms with E-state index in [4.69, 9.17) is 4.42 Å². The molecule has 0 aliphatic carbocycles. The molecule has 7 heteroatoms. The van der Waals surface area contributed by atoms with Crippen LogP contribution in [0.25, 0.3) is 0 Å². The third kappa shape index (κ3) is 4.57. The predicted molar refractivity (Wildman–Crippen MR) is 79.9 cm³/mol. The van der Waals surface area contributed by atoms with E-state index in [0.29, 0.717) is 12.2 Å². The molecule has 3 unspecified atom stereocenters. The number of nitrogens with zero attached hydrogens (tertiary/aromatic N) is 1. The number of aromatic nitrogens is 1. The highest BCUT2D eigenvalue weighted by atomic mass is 32.1. The molecule has 6 nitrogen and oxygen atoms in total. The van der Waals surface area contributed by atoms with E-state index < -0.39 is 6.10 Å². The van der Waals surface area contributed by atoms with Gasteiger partial charge in [-0.3, -0.25) is 0 Å². The van der Waals surface area contributed by atoms with Crippen LogP contribution < -0.4 is 10.6 Å². The van der Waals surface area contributed by atoms with Crippen molar-refractivity contribution in [1.82, 2.24) is 15.6 Å². The molecule has 0 saturated heterocycles. The average molecular weight is 309 g/mol. The third-order valence-electron chi connectivity index (χ3n) is 3.00. The Balaban J connectivity index is 1.77. The topological polar surface area (TPSA) is 87.4 Å². The number of carbonyl (C=O) groups is 1. The molecule has 2 aromatic rings. The molecule has 21 heavy (non-hydrogen) atoms. The summed E-state index contributed by atoms with van der Waals surface area (Å²) < 4.78 is 5.13. The van der Waals surface area contributed by atoms with Crippen molar-refractivity contribution in [3.63, 3.8) is 0 Å². The number of aliphatic hydroxyl groups is 1. The molecule has 2 heterocycles. The number of amides is 2. The van der Waals surface area contributed by atoms with E-state index in [9.17, 15) is 9.90 Å². The number of aliphatic hydroxyl groups excluding tert-OH is 1. The van der Waals surface area contributed by atoms with E-state index in [1.165, 1.54) is 17.6 Å². The molecule has 0 aliphatic heterocycles. The monoisotopic (exact) mass is 309 g/mol. The SMILES string of the molecule is CC(CC(O)c1ccco1)NC(=O)NC(C)c1nccs1. The van der Waals surface area contributed by atoms with Crippen molar-refractivity contribution < 1.29 is 14.3 Å². The van der Waals surface area contributed by atoms with E-state index >= 15 is 0 Å². The molecule has 0 aromatic carbocycles. The Hall–Kier alpha value is -1.86. The Morgan fingerprint density at radius 2 is 2.29 bits per heavy atom. The highest BCUT2D eigenvalue weighted by Crippen LogP contribution is 2.18. The summed E-state index contributed by atoms with van der Waals surface area (Å²) in [7, 11) is 0. The molecule has 0 radical (unpaired) electrons. The summed E-state index contributed by atoms with van der Waals surface area (Å²) in [5.41, 5.74) is 0. The maximum Gasteiger partial charge on any atom is 0.315 e. The molecule has 0 aliphatic rings. The molecular formula is C14H19N3O3S. The molecule has 0 spiro atoms. The molecule has 2 aromatic heterocycles. The van der Waals surface area contributed by atoms with Crippen LogP contribution in [0.2, 0.25) is 0 Å². The molecule has 0 saturated carbocycles. The lowest BCUT2D eigenvalue weighted by Gasteiger charge is -2.18. The second-order valence-electron chi connectivity index (χ2n) is 4.88. The number of carbonyl (C=O) groups excluding carboxylic acids is 1. The Labute approximate surface area is 127 Å². The van der Waals surface area contributed by atoms with E-state index in [2.05, 4.69) is 15.6 Å². The summed E-state index contributed by atoms with van der Waals surface area (Å²) in [5.74, 6) is 0.500. The fraction of sp³-hybridized carbons (Fsp3) is 0.429. The summed E-state index contributed by atoms with van der Waals surface area (Å²) in [6, 6.07) is 2.82. The van der Waals surface area contributed by atoms with Crippen molar-refractivity contribution in [3.05, 3.63) is 40.7 Å². The zero-order chi connectivity index (χ0) is 15.2. The number of nitrogens with one attached hydrogen (secondary N) is 2. The molecular weight excluding hydrogens is 290 g/mol. The van der Waals surface area contributed by atoms with Crippen LogP contribution in [0, 0.1) is 0 Å². The first-order valence-corrected chi connectivity index (χ1v) is 7.62. The number of urea groups is 1. The van der Waals surface area contributed by atoms with Gasteiger partial charge in [0.2, 0.25) is 0 Å². The predicted octanol–water partition coefficient (Wildman–Crippen LogP) is 2.61. The Kier molecular flexibility index (Phi) is 5.35. The summed E-state index contributed by atoms with van der Waals surface area (Å²) in [5, 5.41) is 18.3. The number of hydrogen-bond acceptors (Lipinski definition) is 5. The first kappa shape index (κ1) is 15.5. The van der Waals surface area contributed by atoms with Gasteiger partial charge in [0.05, 0.1) is 12.3 Å². The van der Waals surface area contributed by atoms with Crippen LogP contribution in [-0.4, -0.2) is 22.2 Å². The lowest BCUT2D eigenvalue weighted by molar-refractivity contribution is 0.129. The molecule has 0 fully saturated rings. The Morgan fingerprint density at radius 1 is 1.48 bits per heavy atom. The molecule has 2 amide bonds. The van der Waals surface area contributed by atoms with Crippen LogP contribution in [0.3, 0.4) is 0 Å². The first-order valence-electron chi connectivity index (χ1n) is 6.74. The van der Waals surface area contributed by atoms with Gasteiger partial charge in [-0.25, -0.2) is 9.78 Å². The van der Waals surface area contributed by atoms with Gasteiger partial charge in [-0.2, -0.15) is 0 Å². The van der Waals surface area contributed by atoms with Crippen molar-refractivity contribution in [1.29, 1.82) is 0 Å². The molecule has 3 atom stereocenters. The highest BCUT2D eigenvalue weighted by Gasteiger charge is 2.17. The van der Waals surface area contributed by atoms with E-state index in [0.717, 1.165) is 5.01 Å². The van der Waals surface area contributed by atoms with E-state index in [1.54, 1.807) is 18.3 Å². The van der Waals surface area contributed by atoms with Gasteiger partial charge in [0.1, 0.15) is 16.9 Å². The van der Waals surface area contributed by atoms with Crippen LogP contribution >= 0.6 is 11.3 Å². The second kappa shape index (κ2) is 7.24. The fourth-order valence-electron chi connectivity index (χ4n) is 1.96. The van der Waals surface area contributed by atoms with Gasteiger partial charge in [-0.05, 0) is 26.0 Å². The van der Waals surface area contributed by atoms with Crippen molar-refractivity contribution in [3.8, 4) is 0 Å².